The zero-order valence-electron chi connectivity index (χ0n) is 22.6. The van der Waals surface area contributed by atoms with E-state index in [0.29, 0.717) is 17.7 Å². The van der Waals surface area contributed by atoms with Crippen molar-refractivity contribution in [2.75, 3.05) is 25.2 Å². The minimum absolute atomic E-state index is 0.0980. The van der Waals surface area contributed by atoms with Crippen LogP contribution in [0, 0.1) is 11.8 Å². The van der Waals surface area contributed by atoms with E-state index >= 15 is 0 Å². The summed E-state index contributed by atoms with van der Waals surface area (Å²) in [5.41, 5.74) is 6.91. The van der Waals surface area contributed by atoms with Gasteiger partial charge in [0.15, 0.2) is 11.5 Å². The number of nitrogens with zero attached hydrogens (tertiary/aromatic N) is 4. The fourth-order valence-corrected chi connectivity index (χ4v) is 5.07. The molecule has 37 heavy (non-hydrogen) atoms. The average Bonchev–Trinajstić information content (AvgIpc) is 3.23. The van der Waals surface area contributed by atoms with Gasteiger partial charge in [0.2, 0.25) is 7.44 Å². The Kier molecular flexibility index (Phi) is 11.4. The van der Waals surface area contributed by atoms with Gasteiger partial charge < -0.3 is 24.5 Å². The molecule has 13 nitrogen and oxygen atoms in total. The third-order valence-corrected chi connectivity index (χ3v) is 7.14. The SMILES string of the molecule is CC(C)OC(=O)[C@@H](C)CNP(=O)(CO[C@H](C)Cn1cnc2c(N)ncnc21)NC[C@H](C)C(=O)OC(C)C. The molecule has 0 saturated heterocycles. The zero-order valence-corrected chi connectivity index (χ0v) is 23.5. The third-order valence-electron chi connectivity index (χ3n) is 5.24. The summed E-state index contributed by atoms with van der Waals surface area (Å²) in [5.74, 6) is -1.59. The molecule has 0 fully saturated rings. The largest absolute Gasteiger partial charge is 0.463 e. The predicted octanol–water partition coefficient (Wildman–Crippen LogP) is 2.32. The highest BCUT2D eigenvalue weighted by Gasteiger charge is 2.28. The number of nitrogens with one attached hydrogen (secondary N) is 2. The molecule has 14 heteroatoms. The molecule has 0 aliphatic heterocycles. The van der Waals surface area contributed by atoms with Crippen LogP contribution in [0.2, 0.25) is 0 Å². The van der Waals surface area contributed by atoms with Crippen LogP contribution in [-0.2, 0) is 34.9 Å². The predicted molar refractivity (Wildman–Crippen MR) is 140 cm³/mol. The lowest BCUT2D eigenvalue weighted by Gasteiger charge is -2.25. The molecule has 0 aromatic carbocycles. The number of nitrogens with two attached hydrogens (primary N) is 1. The van der Waals surface area contributed by atoms with Gasteiger partial charge >= 0.3 is 11.9 Å². The quantitative estimate of drug-likeness (QED) is 0.222. The summed E-state index contributed by atoms with van der Waals surface area (Å²) in [6, 6.07) is 0. The first-order valence-corrected chi connectivity index (χ1v) is 14.2. The third kappa shape index (κ3) is 9.66. The lowest BCUT2D eigenvalue weighted by Crippen LogP contribution is -2.36. The number of ether oxygens (including phenoxy) is 3. The van der Waals surface area contributed by atoms with E-state index in [1.165, 1.54) is 6.33 Å². The first-order valence-electron chi connectivity index (χ1n) is 12.3. The average molecular weight is 542 g/mol. The van der Waals surface area contributed by atoms with E-state index in [1.807, 2.05) is 6.92 Å². The minimum atomic E-state index is -3.38. The number of esters is 2. The van der Waals surface area contributed by atoms with E-state index in [0.717, 1.165) is 0 Å². The van der Waals surface area contributed by atoms with Crippen molar-refractivity contribution in [3.8, 4) is 0 Å². The lowest BCUT2D eigenvalue weighted by atomic mass is 10.2. The van der Waals surface area contributed by atoms with Crippen LogP contribution >= 0.6 is 7.44 Å². The van der Waals surface area contributed by atoms with Crippen molar-refractivity contribution in [3.63, 3.8) is 0 Å². The molecular formula is C23H40N7O6P. The van der Waals surface area contributed by atoms with Crippen molar-refractivity contribution in [2.45, 2.75) is 73.3 Å². The maximum atomic E-state index is 13.8. The smallest absolute Gasteiger partial charge is 0.310 e. The molecule has 2 aromatic rings. The van der Waals surface area contributed by atoms with Crippen LogP contribution in [0.4, 0.5) is 5.82 Å². The van der Waals surface area contributed by atoms with E-state index in [9.17, 15) is 14.2 Å². The van der Waals surface area contributed by atoms with Crippen LogP contribution in [0.15, 0.2) is 12.7 Å². The number of hydrogen-bond donors (Lipinski definition) is 3. The van der Waals surface area contributed by atoms with Gasteiger partial charge in [-0.2, -0.15) is 0 Å². The van der Waals surface area contributed by atoms with Gasteiger partial charge in [-0.15, -0.1) is 0 Å². The Bertz CT molecular complexity index is 1060. The molecule has 0 spiro atoms. The monoisotopic (exact) mass is 541 g/mol. The number of rotatable bonds is 15. The van der Waals surface area contributed by atoms with E-state index in [2.05, 4.69) is 25.1 Å². The van der Waals surface area contributed by atoms with E-state index < -0.39 is 31.2 Å². The van der Waals surface area contributed by atoms with Gasteiger partial charge in [0.1, 0.15) is 18.2 Å². The Morgan fingerprint density at radius 2 is 1.49 bits per heavy atom. The van der Waals surface area contributed by atoms with Crippen molar-refractivity contribution < 1.29 is 28.4 Å². The maximum Gasteiger partial charge on any atom is 0.310 e. The molecule has 4 N–H and O–H groups in total. The van der Waals surface area contributed by atoms with Crippen LogP contribution in [-0.4, -0.2) is 69.2 Å². The molecule has 0 bridgehead atoms. The molecule has 3 atom stereocenters. The van der Waals surface area contributed by atoms with E-state index in [-0.39, 0.29) is 43.6 Å². The molecule has 0 unspecified atom stereocenters. The van der Waals surface area contributed by atoms with Crippen molar-refractivity contribution in [1.29, 1.82) is 0 Å². The number of anilines is 1. The molecule has 2 heterocycles. The van der Waals surface area contributed by atoms with Crippen molar-refractivity contribution in [1.82, 2.24) is 29.7 Å². The molecule has 2 rings (SSSR count). The van der Waals surface area contributed by atoms with Gasteiger partial charge in [0.25, 0.3) is 0 Å². The van der Waals surface area contributed by atoms with Crippen LogP contribution in [0.3, 0.4) is 0 Å². The molecule has 0 radical (unpaired) electrons. The Morgan fingerprint density at radius 3 is 2.00 bits per heavy atom. The van der Waals surface area contributed by atoms with Crippen molar-refractivity contribution in [3.05, 3.63) is 12.7 Å². The first-order chi connectivity index (χ1) is 17.3. The van der Waals surface area contributed by atoms with Gasteiger partial charge in [-0.25, -0.2) is 15.0 Å². The minimum Gasteiger partial charge on any atom is -0.463 e. The molecule has 208 valence electrons. The van der Waals surface area contributed by atoms with Crippen molar-refractivity contribution in [2.24, 2.45) is 11.8 Å². The summed E-state index contributed by atoms with van der Waals surface area (Å²) in [6.45, 7) is 12.8. The summed E-state index contributed by atoms with van der Waals surface area (Å²) in [7, 11) is -3.38. The van der Waals surface area contributed by atoms with Gasteiger partial charge in [-0.1, -0.05) is 13.8 Å². The number of aromatic nitrogens is 4. The van der Waals surface area contributed by atoms with Gasteiger partial charge in [0, 0.05) is 13.1 Å². The highest BCUT2D eigenvalue weighted by atomic mass is 31.2. The number of carbonyl (C=O) groups is 2. The first kappa shape index (κ1) is 30.6. The Balaban J connectivity index is 2.05. The van der Waals surface area contributed by atoms with E-state index in [1.54, 1.807) is 52.4 Å². The summed E-state index contributed by atoms with van der Waals surface area (Å²) in [5, 5.41) is 5.89. The molecule has 0 amide bonds. The zero-order chi connectivity index (χ0) is 27.8. The number of nitrogen functional groups attached to an aromatic ring is 1. The number of fused-ring (bicyclic) bond motifs is 1. The second kappa shape index (κ2) is 13.8. The summed E-state index contributed by atoms with van der Waals surface area (Å²) in [6.07, 6.45) is 1.89. The van der Waals surface area contributed by atoms with Crippen molar-refractivity contribution >= 4 is 36.4 Å². The molecular weight excluding hydrogens is 501 g/mol. The molecule has 0 saturated carbocycles. The highest BCUT2D eigenvalue weighted by molar-refractivity contribution is 7.59. The fraction of sp³-hybridized carbons (Fsp3) is 0.696. The normalized spacial score (nSPS) is 14.6. The Labute approximate surface area is 217 Å². The summed E-state index contributed by atoms with van der Waals surface area (Å²) in [4.78, 5) is 36.8. The molecule has 0 aliphatic rings. The second-order valence-corrected chi connectivity index (χ2v) is 12.0. The maximum absolute atomic E-state index is 13.8. The van der Waals surface area contributed by atoms with Gasteiger partial charge in [-0.05, 0) is 34.6 Å². The fourth-order valence-electron chi connectivity index (χ4n) is 3.17. The topological polar surface area (TPSA) is 173 Å². The second-order valence-electron chi connectivity index (χ2n) is 9.67. The van der Waals surface area contributed by atoms with Crippen LogP contribution in [0.1, 0.15) is 48.5 Å². The number of hydrogen-bond acceptors (Lipinski definition) is 10. The number of carbonyl (C=O) groups excluding carboxylic acids is 2. The molecule has 0 aliphatic carbocycles. The van der Waals surface area contributed by atoms with Crippen LogP contribution in [0.25, 0.3) is 11.2 Å². The lowest BCUT2D eigenvalue weighted by molar-refractivity contribution is -0.152. The highest BCUT2D eigenvalue weighted by Crippen LogP contribution is 2.37. The Morgan fingerprint density at radius 1 is 0.946 bits per heavy atom. The van der Waals surface area contributed by atoms with E-state index in [4.69, 9.17) is 19.9 Å². The number of imidazole rings is 1. The summed E-state index contributed by atoms with van der Waals surface area (Å²) >= 11 is 0. The summed E-state index contributed by atoms with van der Waals surface area (Å²) < 4.78 is 31.9. The Hall–Kier alpha value is -2.60. The van der Waals surface area contributed by atoms with Gasteiger partial charge in [-0.3, -0.25) is 24.3 Å². The standard InChI is InChI=1S/C23H40N7O6P/c1-14(2)35-22(31)16(5)8-28-37(33,29-9-17(6)23(32)36-15(3)4)13-34-18(7)10-30-12-27-19-20(24)25-11-26-21(19)30/h11-12,14-18H,8-10,13H2,1-7H3,(H2,24,25,26)(H2,28,29,33)/t16-,17-,18+/m0/s1. The molecule has 2 aromatic heterocycles. The van der Waals surface area contributed by atoms with Crippen LogP contribution < -0.4 is 15.9 Å². The van der Waals surface area contributed by atoms with Gasteiger partial charge in [0.05, 0.1) is 43.0 Å². The van der Waals surface area contributed by atoms with Crippen LogP contribution in [0.5, 0.6) is 0 Å².